The number of aromatic nitrogens is 2. The fourth-order valence-corrected chi connectivity index (χ4v) is 4.88. The van der Waals surface area contributed by atoms with Gasteiger partial charge in [-0.25, -0.2) is 14.4 Å². The smallest absolute Gasteiger partial charge is 0.141 e. The molecule has 0 spiro atoms. The molecule has 0 aliphatic carbocycles. The Labute approximate surface area is 227 Å². The van der Waals surface area contributed by atoms with E-state index >= 15 is 0 Å². The van der Waals surface area contributed by atoms with Gasteiger partial charge in [-0.05, 0) is 66.2 Å². The quantitative estimate of drug-likeness (QED) is 0.205. The predicted octanol–water partition coefficient (Wildman–Crippen LogP) is 6.38. The van der Waals surface area contributed by atoms with Crippen LogP contribution in [0, 0.1) is 5.82 Å². The van der Waals surface area contributed by atoms with Gasteiger partial charge in [-0.2, -0.15) is 0 Å². The molecule has 3 aromatic carbocycles. The summed E-state index contributed by atoms with van der Waals surface area (Å²) in [4.78, 5) is 8.79. The van der Waals surface area contributed by atoms with Crippen LogP contribution in [-0.4, -0.2) is 26.5 Å². The fraction of sp³-hybridized carbons (Fsp3) is 0.143. The van der Waals surface area contributed by atoms with E-state index < -0.39 is 17.2 Å². The monoisotopic (exact) mass is 550 g/mol. The maximum atomic E-state index is 13.4. The van der Waals surface area contributed by atoms with E-state index in [2.05, 4.69) is 15.3 Å². The molecule has 5 rings (SSSR count). The molecule has 0 saturated heterocycles. The molecule has 3 N–H and O–H groups in total. The molecule has 5 aromatic rings. The Hall–Kier alpha value is -3.63. The lowest BCUT2D eigenvalue weighted by Gasteiger charge is -2.12. The van der Waals surface area contributed by atoms with Crippen LogP contribution in [0.4, 0.5) is 15.9 Å². The largest absolute Gasteiger partial charge is 0.616 e. The van der Waals surface area contributed by atoms with Gasteiger partial charge < -0.3 is 24.8 Å². The first-order chi connectivity index (χ1) is 18.4. The lowest BCUT2D eigenvalue weighted by Crippen LogP contribution is -2.20. The maximum Gasteiger partial charge on any atom is 0.141 e. The molecule has 0 fully saturated rings. The maximum absolute atomic E-state index is 13.4. The van der Waals surface area contributed by atoms with Crippen molar-refractivity contribution in [2.75, 3.05) is 17.3 Å². The number of rotatable bonds is 9. The van der Waals surface area contributed by atoms with Crippen molar-refractivity contribution in [1.29, 1.82) is 0 Å². The number of anilines is 2. The SMILES string of the molecule is C[S+]([O-])C[C@@H](N)c1ccc(-c2ccc3ncnc(Nc4ccc(OCc5cccc(F)c5)c(Cl)c4)c3c2)o1. The fourth-order valence-electron chi connectivity index (χ4n) is 3.97. The highest BCUT2D eigenvalue weighted by atomic mass is 35.5. The predicted molar refractivity (Wildman–Crippen MR) is 149 cm³/mol. The summed E-state index contributed by atoms with van der Waals surface area (Å²) < 4.78 is 36.7. The zero-order valence-electron chi connectivity index (χ0n) is 20.4. The van der Waals surface area contributed by atoms with Crippen molar-refractivity contribution in [1.82, 2.24) is 9.97 Å². The molecule has 2 heterocycles. The van der Waals surface area contributed by atoms with E-state index in [0.717, 1.165) is 16.5 Å². The van der Waals surface area contributed by atoms with Gasteiger partial charge in [0, 0.05) is 16.6 Å². The van der Waals surface area contributed by atoms with E-state index in [0.29, 0.717) is 45.1 Å². The zero-order chi connectivity index (χ0) is 26.6. The zero-order valence-corrected chi connectivity index (χ0v) is 21.9. The van der Waals surface area contributed by atoms with Crippen molar-refractivity contribution in [3.8, 4) is 17.1 Å². The van der Waals surface area contributed by atoms with Crippen LogP contribution in [0.3, 0.4) is 0 Å². The molecule has 10 heteroatoms. The molecule has 194 valence electrons. The molecule has 0 radical (unpaired) electrons. The molecule has 0 saturated carbocycles. The summed E-state index contributed by atoms with van der Waals surface area (Å²) in [6.07, 6.45) is 3.10. The Balaban J connectivity index is 1.35. The average molecular weight is 551 g/mol. The third-order valence-electron chi connectivity index (χ3n) is 5.80. The Bertz CT molecular complexity index is 1580. The molecular formula is C28H24ClFN4O3S. The minimum absolute atomic E-state index is 0.194. The number of halogens is 2. The normalized spacial score (nSPS) is 12.9. The van der Waals surface area contributed by atoms with Crippen molar-refractivity contribution in [3.05, 3.63) is 101 Å². The topological polar surface area (TPSA) is 109 Å². The lowest BCUT2D eigenvalue weighted by atomic mass is 10.1. The Morgan fingerprint density at radius 3 is 2.76 bits per heavy atom. The second-order valence-electron chi connectivity index (χ2n) is 8.69. The Morgan fingerprint density at radius 1 is 1.11 bits per heavy atom. The number of ether oxygens (including phenoxy) is 1. The summed E-state index contributed by atoms with van der Waals surface area (Å²) in [6.45, 7) is 0.194. The van der Waals surface area contributed by atoms with Gasteiger partial charge in [0.2, 0.25) is 0 Å². The van der Waals surface area contributed by atoms with Gasteiger partial charge in [-0.1, -0.05) is 34.9 Å². The van der Waals surface area contributed by atoms with Gasteiger partial charge in [0.05, 0.1) is 16.8 Å². The van der Waals surface area contributed by atoms with Crippen molar-refractivity contribution in [2.45, 2.75) is 12.6 Å². The minimum Gasteiger partial charge on any atom is -0.616 e. The van der Waals surface area contributed by atoms with Gasteiger partial charge >= 0.3 is 0 Å². The molecule has 1 unspecified atom stereocenters. The van der Waals surface area contributed by atoms with Crippen LogP contribution < -0.4 is 15.8 Å². The number of nitrogens with one attached hydrogen (secondary N) is 1. The van der Waals surface area contributed by atoms with E-state index in [1.165, 1.54) is 18.5 Å². The number of fused-ring (bicyclic) bond motifs is 1. The molecule has 0 amide bonds. The number of furan rings is 1. The highest BCUT2D eigenvalue weighted by Gasteiger charge is 2.17. The third kappa shape index (κ3) is 6.08. The number of nitrogens with two attached hydrogens (primary N) is 1. The van der Waals surface area contributed by atoms with E-state index in [9.17, 15) is 8.94 Å². The number of hydrogen-bond donors (Lipinski definition) is 2. The van der Waals surface area contributed by atoms with Crippen LogP contribution in [-0.2, 0) is 17.8 Å². The summed E-state index contributed by atoms with van der Waals surface area (Å²) >= 11 is 5.43. The van der Waals surface area contributed by atoms with Crippen molar-refractivity contribution < 1.29 is 18.1 Å². The standard InChI is InChI=1S/C28H24ClFN4O3S/c1-38(35)15-23(31)27-10-9-25(37-27)18-5-7-24-21(12-18)28(33-16-32-24)34-20-6-8-26(22(29)13-20)36-14-17-3-2-4-19(30)11-17/h2-13,16,23H,14-15,31H2,1H3,(H,32,33,34)/t23-,38?/m1/s1. The van der Waals surface area contributed by atoms with Crippen LogP contribution in [0.5, 0.6) is 5.75 Å². The minimum atomic E-state index is -1.03. The summed E-state index contributed by atoms with van der Waals surface area (Å²) in [5.74, 6) is 2.29. The van der Waals surface area contributed by atoms with Crippen LogP contribution in [0.25, 0.3) is 22.2 Å². The van der Waals surface area contributed by atoms with Gasteiger partial charge in [0.1, 0.15) is 53.6 Å². The molecule has 2 atom stereocenters. The lowest BCUT2D eigenvalue weighted by molar-refractivity contribution is 0.306. The van der Waals surface area contributed by atoms with Crippen molar-refractivity contribution in [3.63, 3.8) is 0 Å². The Morgan fingerprint density at radius 2 is 1.97 bits per heavy atom. The van der Waals surface area contributed by atoms with Crippen molar-refractivity contribution in [2.24, 2.45) is 5.73 Å². The summed E-state index contributed by atoms with van der Waals surface area (Å²) in [7, 11) is 0. The van der Waals surface area contributed by atoms with E-state index in [4.69, 9.17) is 26.5 Å². The molecule has 2 aromatic heterocycles. The highest BCUT2D eigenvalue weighted by molar-refractivity contribution is 7.90. The molecule has 0 bridgehead atoms. The van der Waals surface area contributed by atoms with Gasteiger partial charge in [-0.3, -0.25) is 0 Å². The number of hydrogen-bond acceptors (Lipinski definition) is 7. The van der Waals surface area contributed by atoms with Gasteiger partial charge in [0.25, 0.3) is 0 Å². The highest BCUT2D eigenvalue weighted by Crippen LogP contribution is 2.33. The summed E-state index contributed by atoms with van der Waals surface area (Å²) in [5.41, 5.74) is 9.10. The molecule has 0 aliphatic heterocycles. The average Bonchev–Trinajstić information content (AvgIpc) is 3.39. The molecule has 0 aliphatic rings. The van der Waals surface area contributed by atoms with Crippen LogP contribution in [0.1, 0.15) is 17.4 Å². The first kappa shape index (κ1) is 26.0. The van der Waals surface area contributed by atoms with Gasteiger partial charge in [-0.15, -0.1) is 0 Å². The van der Waals surface area contributed by atoms with E-state index in [1.54, 1.807) is 36.6 Å². The Kier molecular flexibility index (Phi) is 7.80. The molecule has 7 nitrogen and oxygen atoms in total. The number of nitrogens with zero attached hydrogens (tertiary/aromatic N) is 2. The molecular weight excluding hydrogens is 527 g/mol. The second-order valence-corrected chi connectivity index (χ2v) is 10.6. The summed E-state index contributed by atoms with van der Waals surface area (Å²) in [5, 5.41) is 4.48. The van der Waals surface area contributed by atoms with Crippen LogP contribution in [0.2, 0.25) is 5.02 Å². The van der Waals surface area contributed by atoms with Crippen molar-refractivity contribution >= 4 is 45.2 Å². The van der Waals surface area contributed by atoms with E-state index in [-0.39, 0.29) is 12.4 Å². The van der Waals surface area contributed by atoms with Crippen LogP contribution in [0.15, 0.2) is 83.5 Å². The first-order valence-electron chi connectivity index (χ1n) is 11.7. The third-order valence-corrected chi connectivity index (χ3v) is 6.93. The van der Waals surface area contributed by atoms with Gasteiger partial charge in [0.15, 0.2) is 0 Å². The van der Waals surface area contributed by atoms with Crippen LogP contribution >= 0.6 is 11.6 Å². The summed E-state index contributed by atoms with van der Waals surface area (Å²) in [6, 6.07) is 20.5. The first-order valence-corrected chi connectivity index (χ1v) is 13.8. The molecule has 38 heavy (non-hydrogen) atoms. The van der Waals surface area contributed by atoms with E-state index in [1.807, 2.05) is 30.3 Å². The number of benzene rings is 3. The second kappa shape index (κ2) is 11.4.